The number of ether oxygens (including phenoxy) is 1. The van der Waals surface area contributed by atoms with E-state index >= 15 is 0 Å². The van der Waals surface area contributed by atoms with Gasteiger partial charge in [-0.2, -0.15) is 0 Å². The summed E-state index contributed by atoms with van der Waals surface area (Å²) < 4.78 is 18.2. The first-order chi connectivity index (χ1) is 8.97. The molecule has 104 valence electrons. The molecule has 1 rings (SSSR count). The number of urea groups is 1. The third kappa shape index (κ3) is 3.92. The van der Waals surface area contributed by atoms with Crippen molar-refractivity contribution in [2.75, 3.05) is 32.6 Å². The van der Waals surface area contributed by atoms with Gasteiger partial charge in [-0.15, -0.1) is 0 Å². The predicted molar refractivity (Wildman–Crippen MR) is 66.9 cm³/mol. The number of aromatic carboxylic acids is 1. The van der Waals surface area contributed by atoms with Crippen molar-refractivity contribution in [1.82, 2.24) is 4.90 Å². The van der Waals surface area contributed by atoms with E-state index in [2.05, 4.69) is 5.32 Å². The van der Waals surface area contributed by atoms with E-state index in [9.17, 15) is 14.0 Å². The highest BCUT2D eigenvalue weighted by Gasteiger charge is 2.18. The monoisotopic (exact) mass is 270 g/mol. The van der Waals surface area contributed by atoms with Crippen LogP contribution < -0.4 is 5.32 Å². The van der Waals surface area contributed by atoms with E-state index in [1.165, 1.54) is 31.2 Å². The Labute approximate surface area is 109 Å². The Morgan fingerprint density at radius 3 is 2.74 bits per heavy atom. The largest absolute Gasteiger partial charge is 0.478 e. The summed E-state index contributed by atoms with van der Waals surface area (Å²) in [6, 6.07) is 3.14. The second-order valence-corrected chi connectivity index (χ2v) is 3.81. The molecule has 0 fully saturated rings. The van der Waals surface area contributed by atoms with Gasteiger partial charge in [-0.1, -0.05) is 6.07 Å². The molecule has 0 aliphatic rings. The van der Waals surface area contributed by atoms with Crippen molar-refractivity contribution in [3.63, 3.8) is 0 Å². The average Bonchev–Trinajstić information content (AvgIpc) is 2.35. The van der Waals surface area contributed by atoms with Crippen LogP contribution in [0.4, 0.5) is 14.9 Å². The summed E-state index contributed by atoms with van der Waals surface area (Å²) in [6.07, 6.45) is 0. The van der Waals surface area contributed by atoms with Crippen LogP contribution in [0.2, 0.25) is 0 Å². The maximum absolute atomic E-state index is 13.4. The van der Waals surface area contributed by atoms with Crippen molar-refractivity contribution >= 4 is 17.7 Å². The van der Waals surface area contributed by atoms with Crippen LogP contribution in [0, 0.1) is 5.82 Å². The zero-order valence-corrected chi connectivity index (χ0v) is 10.6. The number of anilines is 1. The van der Waals surface area contributed by atoms with E-state index in [0.29, 0.717) is 13.2 Å². The molecule has 2 amide bonds. The quantitative estimate of drug-likeness (QED) is 0.852. The summed E-state index contributed by atoms with van der Waals surface area (Å²) in [5, 5.41) is 11.3. The Hall–Kier alpha value is -2.15. The van der Waals surface area contributed by atoms with E-state index in [-0.39, 0.29) is 5.69 Å². The van der Waals surface area contributed by atoms with Crippen molar-refractivity contribution in [2.45, 2.75) is 0 Å². The highest BCUT2D eigenvalue weighted by molar-refractivity contribution is 6.00. The van der Waals surface area contributed by atoms with Crippen LogP contribution in [0.5, 0.6) is 0 Å². The van der Waals surface area contributed by atoms with Gasteiger partial charge in [0.1, 0.15) is 11.4 Å². The van der Waals surface area contributed by atoms with Crippen molar-refractivity contribution < 1.29 is 23.8 Å². The van der Waals surface area contributed by atoms with Gasteiger partial charge in [-0.05, 0) is 12.1 Å². The lowest BCUT2D eigenvalue weighted by atomic mass is 10.1. The molecule has 0 saturated heterocycles. The molecule has 0 atom stereocenters. The van der Waals surface area contributed by atoms with Gasteiger partial charge in [0, 0.05) is 20.7 Å². The number of likely N-dealkylation sites (N-methyl/N-ethyl adjacent to an activating group) is 1. The first kappa shape index (κ1) is 14.9. The summed E-state index contributed by atoms with van der Waals surface area (Å²) in [6.45, 7) is 0.679. The normalized spacial score (nSPS) is 10.1. The number of nitrogens with zero attached hydrogens (tertiary/aromatic N) is 1. The third-order valence-corrected chi connectivity index (χ3v) is 2.45. The number of carboxylic acid groups (broad SMARTS) is 1. The molecular formula is C12H15FN2O4. The predicted octanol–water partition coefficient (Wildman–Crippen LogP) is 1.63. The van der Waals surface area contributed by atoms with Crippen LogP contribution in [0.1, 0.15) is 10.4 Å². The zero-order valence-electron chi connectivity index (χ0n) is 10.6. The number of hydrogen-bond acceptors (Lipinski definition) is 3. The molecule has 7 heteroatoms. The standard InChI is InChI=1S/C12H15FN2O4/c1-15(6-7-19-2)12(18)14-9-5-3-4-8(13)10(9)11(16)17/h3-5H,6-7H2,1-2H3,(H,14,18)(H,16,17). The molecule has 0 radical (unpaired) electrons. The van der Waals surface area contributed by atoms with Crippen LogP contribution in [-0.4, -0.2) is 49.3 Å². The minimum atomic E-state index is -1.44. The Morgan fingerprint density at radius 2 is 2.16 bits per heavy atom. The lowest BCUT2D eigenvalue weighted by Gasteiger charge is -2.18. The molecule has 0 unspecified atom stereocenters. The van der Waals surface area contributed by atoms with Crippen LogP contribution in [0.3, 0.4) is 0 Å². The number of benzene rings is 1. The zero-order chi connectivity index (χ0) is 14.4. The maximum Gasteiger partial charge on any atom is 0.340 e. The molecule has 1 aromatic rings. The van der Waals surface area contributed by atoms with Gasteiger partial charge in [-0.3, -0.25) is 0 Å². The van der Waals surface area contributed by atoms with Crippen LogP contribution in [-0.2, 0) is 4.74 Å². The Bertz CT molecular complexity index is 479. The van der Waals surface area contributed by atoms with Gasteiger partial charge < -0.3 is 20.1 Å². The van der Waals surface area contributed by atoms with E-state index < -0.39 is 23.4 Å². The summed E-state index contributed by atoms with van der Waals surface area (Å²) in [5.74, 6) is -2.34. The number of rotatable bonds is 5. The Morgan fingerprint density at radius 1 is 1.47 bits per heavy atom. The summed E-state index contributed by atoms with van der Waals surface area (Å²) in [5.41, 5.74) is -0.641. The lowest BCUT2D eigenvalue weighted by Crippen LogP contribution is -2.34. The van der Waals surface area contributed by atoms with Gasteiger partial charge in [0.05, 0.1) is 12.3 Å². The topological polar surface area (TPSA) is 78.9 Å². The number of carboxylic acids is 1. The molecule has 0 spiro atoms. The number of methoxy groups -OCH3 is 1. The minimum absolute atomic E-state index is 0.0817. The fraction of sp³-hybridized carbons (Fsp3) is 0.333. The molecule has 0 aromatic heterocycles. The molecule has 6 nitrogen and oxygen atoms in total. The fourth-order valence-corrected chi connectivity index (χ4v) is 1.39. The molecule has 0 aliphatic carbocycles. The molecule has 2 N–H and O–H groups in total. The highest BCUT2D eigenvalue weighted by Crippen LogP contribution is 2.19. The van der Waals surface area contributed by atoms with Crippen LogP contribution in [0.15, 0.2) is 18.2 Å². The Kier molecular flexibility index (Phi) is 5.25. The summed E-state index contributed by atoms with van der Waals surface area (Å²) in [7, 11) is 3.02. The average molecular weight is 270 g/mol. The first-order valence-electron chi connectivity index (χ1n) is 5.50. The second kappa shape index (κ2) is 6.69. The minimum Gasteiger partial charge on any atom is -0.478 e. The summed E-state index contributed by atoms with van der Waals surface area (Å²) >= 11 is 0. The number of halogens is 1. The third-order valence-electron chi connectivity index (χ3n) is 2.45. The van der Waals surface area contributed by atoms with Gasteiger partial charge in [0.2, 0.25) is 0 Å². The van der Waals surface area contributed by atoms with E-state index in [0.717, 1.165) is 6.07 Å². The lowest BCUT2D eigenvalue weighted by molar-refractivity contribution is 0.0693. The van der Waals surface area contributed by atoms with E-state index in [4.69, 9.17) is 9.84 Å². The van der Waals surface area contributed by atoms with Crippen molar-refractivity contribution in [3.05, 3.63) is 29.6 Å². The van der Waals surface area contributed by atoms with E-state index in [1.54, 1.807) is 0 Å². The maximum atomic E-state index is 13.4. The van der Waals surface area contributed by atoms with Crippen molar-refractivity contribution in [2.24, 2.45) is 0 Å². The molecule has 0 bridgehead atoms. The molecule has 19 heavy (non-hydrogen) atoms. The molecule has 1 aromatic carbocycles. The van der Waals surface area contributed by atoms with Gasteiger partial charge in [0.25, 0.3) is 0 Å². The SMILES string of the molecule is COCCN(C)C(=O)Nc1cccc(F)c1C(=O)O. The highest BCUT2D eigenvalue weighted by atomic mass is 19.1. The van der Waals surface area contributed by atoms with Crippen molar-refractivity contribution in [1.29, 1.82) is 0 Å². The molecular weight excluding hydrogens is 255 g/mol. The van der Waals surface area contributed by atoms with Crippen LogP contribution in [0.25, 0.3) is 0 Å². The Balaban J connectivity index is 2.85. The first-order valence-corrected chi connectivity index (χ1v) is 5.50. The van der Waals surface area contributed by atoms with Gasteiger partial charge >= 0.3 is 12.0 Å². The number of nitrogens with one attached hydrogen (secondary N) is 1. The van der Waals surface area contributed by atoms with Crippen molar-refractivity contribution in [3.8, 4) is 0 Å². The molecule has 0 saturated carbocycles. The molecule has 0 aliphatic heterocycles. The fourth-order valence-electron chi connectivity index (χ4n) is 1.39. The number of carbonyl (C=O) groups is 2. The number of amides is 2. The van der Waals surface area contributed by atoms with Crippen LogP contribution >= 0.6 is 0 Å². The molecule has 0 heterocycles. The second-order valence-electron chi connectivity index (χ2n) is 3.81. The number of carbonyl (C=O) groups excluding carboxylic acids is 1. The van der Waals surface area contributed by atoms with E-state index in [1.807, 2.05) is 0 Å². The number of hydrogen-bond donors (Lipinski definition) is 2. The van der Waals surface area contributed by atoms with Gasteiger partial charge in [0.15, 0.2) is 0 Å². The summed E-state index contributed by atoms with van der Waals surface area (Å²) in [4.78, 5) is 24.0. The van der Waals surface area contributed by atoms with Gasteiger partial charge in [-0.25, -0.2) is 14.0 Å². The smallest absolute Gasteiger partial charge is 0.340 e.